The van der Waals surface area contributed by atoms with Gasteiger partial charge in [-0.25, -0.2) is 13.1 Å². The predicted molar refractivity (Wildman–Crippen MR) is 89.2 cm³/mol. The summed E-state index contributed by atoms with van der Waals surface area (Å²) in [4.78, 5) is 28.1. The highest BCUT2D eigenvalue weighted by molar-refractivity contribution is 7.88. The van der Waals surface area contributed by atoms with Crippen molar-refractivity contribution in [3.05, 3.63) is 0 Å². The van der Waals surface area contributed by atoms with E-state index in [0.29, 0.717) is 26.2 Å². The summed E-state index contributed by atoms with van der Waals surface area (Å²) in [6.07, 6.45) is 1.05. The van der Waals surface area contributed by atoms with Gasteiger partial charge >= 0.3 is 0 Å². The molecular formula is C15H29N3O4S. The summed E-state index contributed by atoms with van der Waals surface area (Å²) in [6.45, 7) is 11.0. The zero-order chi connectivity index (χ0) is 18.0. The molecule has 23 heavy (non-hydrogen) atoms. The molecule has 1 heterocycles. The van der Waals surface area contributed by atoms with E-state index in [2.05, 4.69) is 4.72 Å². The fraction of sp³-hybridized carbons (Fsp3) is 0.867. The van der Waals surface area contributed by atoms with E-state index in [0.717, 1.165) is 6.26 Å². The lowest BCUT2D eigenvalue weighted by atomic mass is 9.86. The maximum absolute atomic E-state index is 12.7. The van der Waals surface area contributed by atoms with Gasteiger partial charge in [0.2, 0.25) is 21.8 Å². The van der Waals surface area contributed by atoms with E-state index in [9.17, 15) is 18.0 Å². The minimum Gasteiger partial charge on any atom is -0.339 e. The smallest absolute Gasteiger partial charge is 0.241 e. The highest BCUT2D eigenvalue weighted by Gasteiger charge is 2.37. The highest BCUT2D eigenvalue weighted by Crippen LogP contribution is 2.22. The van der Waals surface area contributed by atoms with E-state index in [1.165, 1.54) is 0 Å². The molecule has 0 unspecified atom stereocenters. The Bertz CT molecular complexity index is 544. The fourth-order valence-electron chi connectivity index (χ4n) is 2.51. The Morgan fingerprint density at radius 2 is 1.35 bits per heavy atom. The van der Waals surface area contributed by atoms with Gasteiger partial charge in [0, 0.05) is 32.1 Å². The SMILES string of the molecule is CC(C)C(=O)N1CCN(C(=O)[C@@H](NS(C)(=O)=O)C(C)(C)C)CC1. The Balaban J connectivity index is 2.78. The molecule has 0 aromatic rings. The Labute approximate surface area is 139 Å². The largest absolute Gasteiger partial charge is 0.339 e. The molecule has 0 bridgehead atoms. The van der Waals surface area contributed by atoms with Gasteiger partial charge in [-0.05, 0) is 5.41 Å². The van der Waals surface area contributed by atoms with Crippen molar-refractivity contribution in [2.24, 2.45) is 11.3 Å². The van der Waals surface area contributed by atoms with Crippen LogP contribution in [0.15, 0.2) is 0 Å². The number of piperazine rings is 1. The second kappa shape index (κ2) is 7.17. The molecule has 1 N–H and O–H groups in total. The molecule has 0 aliphatic carbocycles. The lowest BCUT2D eigenvalue weighted by molar-refractivity contribution is -0.143. The van der Waals surface area contributed by atoms with Crippen LogP contribution in [0, 0.1) is 11.3 Å². The predicted octanol–water partition coefficient (Wildman–Crippen LogP) is 0.277. The van der Waals surface area contributed by atoms with Gasteiger partial charge in [0.15, 0.2) is 0 Å². The van der Waals surface area contributed by atoms with Gasteiger partial charge in [-0.1, -0.05) is 34.6 Å². The van der Waals surface area contributed by atoms with Gasteiger partial charge in [0.05, 0.1) is 6.26 Å². The summed E-state index contributed by atoms with van der Waals surface area (Å²) in [6, 6.07) is -0.815. The number of sulfonamides is 1. The molecule has 0 aromatic heterocycles. The van der Waals surface area contributed by atoms with Crippen LogP contribution in [0.1, 0.15) is 34.6 Å². The van der Waals surface area contributed by atoms with E-state index < -0.39 is 21.5 Å². The van der Waals surface area contributed by atoms with E-state index >= 15 is 0 Å². The Hall–Kier alpha value is -1.15. The van der Waals surface area contributed by atoms with Crippen LogP contribution in [0.25, 0.3) is 0 Å². The van der Waals surface area contributed by atoms with Crippen molar-refractivity contribution < 1.29 is 18.0 Å². The van der Waals surface area contributed by atoms with Crippen LogP contribution in [0.3, 0.4) is 0 Å². The third-order valence-electron chi connectivity index (χ3n) is 3.84. The molecule has 1 rings (SSSR count). The first-order valence-corrected chi connectivity index (χ1v) is 9.77. The van der Waals surface area contributed by atoms with Crippen molar-refractivity contribution in [2.45, 2.75) is 40.7 Å². The van der Waals surface area contributed by atoms with Crippen LogP contribution >= 0.6 is 0 Å². The van der Waals surface area contributed by atoms with E-state index in [1.807, 2.05) is 34.6 Å². The zero-order valence-electron chi connectivity index (χ0n) is 14.9. The molecule has 134 valence electrons. The first kappa shape index (κ1) is 19.9. The molecule has 0 saturated carbocycles. The zero-order valence-corrected chi connectivity index (χ0v) is 15.7. The molecule has 1 atom stereocenters. The molecule has 1 aliphatic rings. The number of carbonyl (C=O) groups is 2. The van der Waals surface area contributed by atoms with Crippen molar-refractivity contribution in [1.82, 2.24) is 14.5 Å². The van der Waals surface area contributed by atoms with Crippen LogP contribution in [0.5, 0.6) is 0 Å². The second-order valence-electron chi connectivity index (χ2n) is 7.49. The number of hydrogen-bond donors (Lipinski definition) is 1. The lowest BCUT2D eigenvalue weighted by Gasteiger charge is -2.39. The van der Waals surface area contributed by atoms with Crippen LogP contribution in [-0.2, 0) is 19.6 Å². The quantitative estimate of drug-likeness (QED) is 0.791. The fourth-order valence-corrected chi connectivity index (χ4v) is 3.39. The topological polar surface area (TPSA) is 86.8 Å². The van der Waals surface area contributed by atoms with Crippen molar-refractivity contribution in [3.8, 4) is 0 Å². The third-order valence-corrected chi connectivity index (χ3v) is 4.51. The lowest BCUT2D eigenvalue weighted by Crippen LogP contribution is -2.59. The van der Waals surface area contributed by atoms with Crippen LogP contribution in [0.2, 0.25) is 0 Å². The molecule has 1 saturated heterocycles. The summed E-state index contributed by atoms with van der Waals surface area (Å²) in [5, 5.41) is 0. The number of hydrogen-bond acceptors (Lipinski definition) is 4. The Morgan fingerprint density at radius 1 is 0.957 bits per heavy atom. The standard InChI is InChI=1S/C15H29N3O4S/c1-11(2)13(19)17-7-9-18(10-8-17)14(20)12(15(3,4)5)16-23(6,21)22/h11-12,16H,7-10H2,1-6H3/t12-/m1/s1. The van der Waals surface area contributed by atoms with Gasteiger partial charge in [-0.2, -0.15) is 0 Å². The van der Waals surface area contributed by atoms with Crippen molar-refractivity contribution in [3.63, 3.8) is 0 Å². The third kappa shape index (κ3) is 5.76. The minimum absolute atomic E-state index is 0.0634. The van der Waals surface area contributed by atoms with Gasteiger partial charge in [0.1, 0.15) is 6.04 Å². The maximum Gasteiger partial charge on any atom is 0.241 e. The van der Waals surface area contributed by atoms with E-state index in [-0.39, 0.29) is 17.7 Å². The van der Waals surface area contributed by atoms with E-state index in [1.54, 1.807) is 9.80 Å². The number of carbonyl (C=O) groups excluding carboxylic acids is 2. The molecule has 0 radical (unpaired) electrons. The van der Waals surface area contributed by atoms with Gasteiger partial charge in [-0.3, -0.25) is 9.59 Å². The number of amides is 2. The van der Waals surface area contributed by atoms with Gasteiger partial charge < -0.3 is 9.80 Å². The van der Waals surface area contributed by atoms with Gasteiger partial charge in [-0.15, -0.1) is 0 Å². The Morgan fingerprint density at radius 3 is 1.65 bits per heavy atom. The van der Waals surface area contributed by atoms with Crippen molar-refractivity contribution >= 4 is 21.8 Å². The molecule has 7 nitrogen and oxygen atoms in total. The normalized spacial score (nSPS) is 18.2. The summed E-state index contributed by atoms with van der Waals surface area (Å²) >= 11 is 0. The van der Waals surface area contributed by atoms with E-state index in [4.69, 9.17) is 0 Å². The molecule has 1 aliphatic heterocycles. The number of nitrogens with zero attached hydrogens (tertiary/aromatic N) is 2. The average Bonchev–Trinajstić information content (AvgIpc) is 2.41. The first-order chi connectivity index (χ1) is 10.3. The van der Waals surface area contributed by atoms with Crippen molar-refractivity contribution in [1.29, 1.82) is 0 Å². The molecule has 0 aromatic carbocycles. The summed E-state index contributed by atoms with van der Waals surface area (Å²) in [5.74, 6) is -0.218. The number of rotatable bonds is 4. The highest BCUT2D eigenvalue weighted by atomic mass is 32.2. The molecule has 2 amide bonds. The monoisotopic (exact) mass is 347 g/mol. The van der Waals surface area contributed by atoms with Crippen molar-refractivity contribution in [2.75, 3.05) is 32.4 Å². The molecule has 8 heteroatoms. The minimum atomic E-state index is -3.49. The summed E-state index contributed by atoms with van der Waals surface area (Å²) < 4.78 is 25.6. The van der Waals surface area contributed by atoms with Gasteiger partial charge in [0.25, 0.3) is 0 Å². The maximum atomic E-state index is 12.7. The van der Waals surface area contributed by atoms with Crippen LogP contribution in [-0.4, -0.2) is 68.5 Å². The molecule has 0 spiro atoms. The average molecular weight is 347 g/mol. The number of nitrogens with one attached hydrogen (secondary N) is 1. The summed E-state index contributed by atoms with van der Waals surface area (Å²) in [7, 11) is -3.49. The van der Waals surface area contributed by atoms with Crippen LogP contribution < -0.4 is 4.72 Å². The van der Waals surface area contributed by atoms with Crippen LogP contribution in [0.4, 0.5) is 0 Å². The second-order valence-corrected chi connectivity index (χ2v) is 9.27. The first-order valence-electron chi connectivity index (χ1n) is 7.88. The molecular weight excluding hydrogens is 318 g/mol. The molecule has 1 fully saturated rings. The summed E-state index contributed by atoms with van der Waals surface area (Å²) in [5.41, 5.74) is -0.537. The Kier molecular flexibility index (Phi) is 6.20.